The second-order valence-electron chi connectivity index (χ2n) is 4.93. The first-order valence-corrected chi connectivity index (χ1v) is 5.50. The quantitative estimate of drug-likeness (QED) is 0.638. The summed E-state index contributed by atoms with van der Waals surface area (Å²) in [6.07, 6.45) is 10.2. The summed E-state index contributed by atoms with van der Waals surface area (Å²) in [6, 6.07) is 0.442. The number of rotatable bonds is 1. The van der Waals surface area contributed by atoms with Crippen LogP contribution in [0.5, 0.6) is 0 Å². The third kappa shape index (κ3) is 1.19. The molecule has 12 heavy (non-hydrogen) atoms. The number of hydrogen-bond donors (Lipinski definition) is 1. The zero-order valence-electron chi connectivity index (χ0n) is 8.18. The van der Waals surface area contributed by atoms with E-state index in [-0.39, 0.29) is 0 Å². The van der Waals surface area contributed by atoms with Gasteiger partial charge in [0.1, 0.15) is 0 Å². The third-order valence-electron chi connectivity index (χ3n) is 4.22. The molecule has 0 aromatic rings. The van der Waals surface area contributed by atoms with Crippen LogP contribution in [0.1, 0.15) is 51.9 Å². The lowest BCUT2D eigenvalue weighted by Crippen LogP contribution is -2.49. The molecule has 2 N–H and O–H groups in total. The molecular formula is C11H21N. The standard InChI is InChI=1S/C11H21N/c1-9(12)10-5-8-11(10)6-3-2-4-7-11/h9-10H,2-8,12H2,1H3. The molecule has 2 aliphatic carbocycles. The van der Waals surface area contributed by atoms with Crippen molar-refractivity contribution in [2.24, 2.45) is 17.1 Å². The van der Waals surface area contributed by atoms with Crippen LogP contribution in [0, 0.1) is 11.3 Å². The Morgan fingerprint density at radius 1 is 1.17 bits per heavy atom. The van der Waals surface area contributed by atoms with E-state index in [1.165, 1.54) is 44.9 Å². The first kappa shape index (κ1) is 8.55. The van der Waals surface area contributed by atoms with Gasteiger partial charge in [-0.2, -0.15) is 0 Å². The molecule has 2 rings (SSSR count). The summed E-state index contributed by atoms with van der Waals surface area (Å²) in [4.78, 5) is 0. The van der Waals surface area contributed by atoms with Gasteiger partial charge < -0.3 is 5.73 Å². The van der Waals surface area contributed by atoms with Gasteiger partial charge in [0.2, 0.25) is 0 Å². The van der Waals surface area contributed by atoms with E-state index in [0.717, 1.165) is 5.92 Å². The van der Waals surface area contributed by atoms with Gasteiger partial charge >= 0.3 is 0 Å². The van der Waals surface area contributed by atoms with Crippen LogP contribution in [0.15, 0.2) is 0 Å². The van der Waals surface area contributed by atoms with Crippen molar-refractivity contribution in [3.63, 3.8) is 0 Å². The highest BCUT2D eigenvalue weighted by atomic mass is 14.7. The summed E-state index contributed by atoms with van der Waals surface area (Å²) in [7, 11) is 0. The predicted molar refractivity (Wildman–Crippen MR) is 51.9 cm³/mol. The lowest BCUT2D eigenvalue weighted by molar-refractivity contribution is -0.0211. The molecule has 2 saturated carbocycles. The summed E-state index contributed by atoms with van der Waals surface area (Å²) in [6.45, 7) is 2.19. The first-order chi connectivity index (χ1) is 5.75. The van der Waals surface area contributed by atoms with Crippen molar-refractivity contribution in [2.75, 3.05) is 0 Å². The van der Waals surface area contributed by atoms with Crippen LogP contribution >= 0.6 is 0 Å². The monoisotopic (exact) mass is 167 g/mol. The summed E-state index contributed by atoms with van der Waals surface area (Å²) >= 11 is 0. The minimum Gasteiger partial charge on any atom is -0.328 e. The number of hydrogen-bond acceptors (Lipinski definition) is 1. The zero-order valence-corrected chi connectivity index (χ0v) is 8.18. The second-order valence-corrected chi connectivity index (χ2v) is 4.93. The highest BCUT2D eigenvalue weighted by molar-refractivity contribution is 4.99. The Hall–Kier alpha value is -0.0400. The normalized spacial score (nSPS) is 36.0. The van der Waals surface area contributed by atoms with E-state index in [1.54, 1.807) is 0 Å². The molecule has 0 heterocycles. The molecular weight excluding hydrogens is 146 g/mol. The van der Waals surface area contributed by atoms with Gasteiger partial charge in [0.05, 0.1) is 0 Å². The maximum atomic E-state index is 6.00. The average molecular weight is 167 g/mol. The molecule has 0 aromatic heterocycles. The smallest absolute Gasteiger partial charge is 0.00440 e. The Kier molecular flexibility index (Phi) is 2.16. The molecule has 2 aliphatic rings. The van der Waals surface area contributed by atoms with Crippen molar-refractivity contribution in [1.82, 2.24) is 0 Å². The van der Waals surface area contributed by atoms with Crippen molar-refractivity contribution in [2.45, 2.75) is 57.9 Å². The van der Waals surface area contributed by atoms with Crippen LogP contribution in [-0.4, -0.2) is 6.04 Å². The Balaban J connectivity index is 2.00. The molecule has 70 valence electrons. The average Bonchev–Trinajstić information content (AvgIpc) is 2.03. The molecule has 0 bridgehead atoms. The van der Waals surface area contributed by atoms with Gasteiger partial charge in [0, 0.05) is 6.04 Å². The van der Waals surface area contributed by atoms with Crippen LogP contribution in [-0.2, 0) is 0 Å². The van der Waals surface area contributed by atoms with Gasteiger partial charge in [-0.3, -0.25) is 0 Å². The van der Waals surface area contributed by atoms with Crippen molar-refractivity contribution in [3.05, 3.63) is 0 Å². The Labute approximate surface area is 75.7 Å². The van der Waals surface area contributed by atoms with Gasteiger partial charge in [-0.15, -0.1) is 0 Å². The maximum Gasteiger partial charge on any atom is 0.00440 e. The van der Waals surface area contributed by atoms with Crippen molar-refractivity contribution >= 4 is 0 Å². The van der Waals surface area contributed by atoms with E-state index < -0.39 is 0 Å². The molecule has 0 radical (unpaired) electrons. The molecule has 0 aromatic carbocycles. The fourth-order valence-corrected chi connectivity index (χ4v) is 3.42. The topological polar surface area (TPSA) is 26.0 Å². The molecule has 1 spiro atoms. The second kappa shape index (κ2) is 3.02. The van der Waals surface area contributed by atoms with Gasteiger partial charge in [-0.1, -0.05) is 19.3 Å². The third-order valence-corrected chi connectivity index (χ3v) is 4.22. The Bertz CT molecular complexity index is 156. The molecule has 1 nitrogen and oxygen atoms in total. The van der Waals surface area contributed by atoms with E-state index in [0.29, 0.717) is 11.5 Å². The molecule has 2 atom stereocenters. The molecule has 2 unspecified atom stereocenters. The predicted octanol–water partition coefficient (Wildman–Crippen LogP) is 2.69. The molecule has 0 amide bonds. The highest BCUT2D eigenvalue weighted by Crippen LogP contribution is 2.56. The molecule has 0 saturated heterocycles. The minimum absolute atomic E-state index is 0.442. The summed E-state index contributed by atoms with van der Waals surface area (Å²) in [5, 5.41) is 0. The van der Waals surface area contributed by atoms with Gasteiger partial charge in [-0.05, 0) is 43.9 Å². The molecule has 2 fully saturated rings. The lowest BCUT2D eigenvalue weighted by Gasteiger charge is -2.54. The van der Waals surface area contributed by atoms with E-state index in [4.69, 9.17) is 5.73 Å². The van der Waals surface area contributed by atoms with E-state index in [1.807, 2.05) is 0 Å². The van der Waals surface area contributed by atoms with Gasteiger partial charge in [-0.25, -0.2) is 0 Å². The van der Waals surface area contributed by atoms with Crippen LogP contribution in [0.3, 0.4) is 0 Å². The SMILES string of the molecule is CC(N)C1CCC12CCCCC2. The van der Waals surface area contributed by atoms with Gasteiger partial charge in [0.25, 0.3) is 0 Å². The van der Waals surface area contributed by atoms with E-state index >= 15 is 0 Å². The van der Waals surface area contributed by atoms with E-state index in [9.17, 15) is 0 Å². The zero-order chi connectivity index (χ0) is 8.60. The van der Waals surface area contributed by atoms with Crippen molar-refractivity contribution in [3.8, 4) is 0 Å². The minimum atomic E-state index is 0.442. The fraction of sp³-hybridized carbons (Fsp3) is 1.00. The number of nitrogens with two attached hydrogens (primary N) is 1. The Morgan fingerprint density at radius 3 is 2.25 bits per heavy atom. The molecule has 0 aliphatic heterocycles. The van der Waals surface area contributed by atoms with Crippen molar-refractivity contribution < 1.29 is 0 Å². The van der Waals surface area contributed by atoms with Crippen LogP contribution in [0.25, 0.3) is 0 Å². The van der Waals surface area contributed by atoms with Crippen LogP contribution in [0.2, 0.25) is 0 Å². The fourth-order valence-electron chi connectivity index (χ4n) is 3.42. The Morgan fingerprint density at radius 2 is 1.83 bits per heavy atom. The van der Waals surface area contributed by atoms with E-state index in [2.05, 4.69) is 6.92 Å². The molecule has 1 heteroatoms. The summed E-state index contributed by atoms with van der Waals surface area (Å²) in [5.41, 5.74) is 6.72. The van der Waals surface area contributed by atoms with Crippen LogP contribution in [0.4, 0.5) is 0 Å². The summed E-state index contributed by atoms with van der Waals surface area (Å²) < 4.78 is 0. The summed E-state index contributed by atoms with van der Waals surface area (Å²) in [5.74, 6) is 0.859. The highest BCUT2D eigenvalue weighted by Gasteiger charge is 2.47. The van der Waals surface area contributed by atoms with Crippen molar-refractivity contribution in [1.29, 1.82) is 0 Å². The van der Waals surface area contributed by atoms with Crippen LogP contribution < -0.4 is 5.73 Å². The lowest BCUT2D eigenvalue weighted by atomic mass is 9.52. The van der Waals surface area contributed by atoms with Gasteiger partial charge in [0.15, 0.2) is 0 Å². The maximum absolute atomic E-state index is 6.00. The first-order valence-electron chi connectivity index (χ1n) is 5.50. The largest absolute Gasteiger partial charge is 0.328 e.